The minimum atomic E-state index is -0.141. The second-order valence-electron chi connectivity index (χ2n) is 4.59. The second kappa shape index (κ2) is 6.12. The maximum absolute atomic E-state index is 11.7. The molecule has 6 nitrogen and oxygen atoms in total. The third-order valence-corrected chi connectivity index (χ3v) is 3.73. The van der Waals surface area contributed by atoms with Crippen LogP contribution in [-0.4, -0.2) is 52.1 Å². The maximum atomic E-state index is 11.7. The normalized spacial score (nSPS) is 18.3. The molecule has 19 heavy (non-hydrogen) atoms. The number of aromatic amines is 1. The van der Waals surface area contributed by atoms with Crippen molar-refractivity contribution in [2.24, 2.45) is 5.73 Å². The van der Waals surface area contributed by atoms with E-state index < -0.39 is 0 Å². The Bertz CT molecular complexity index is 495. The summed E-state index contributed by atoms with van der Waals surface area (Å²) in [4.78, 5) is 23.3. The SMILES string of the molecule is CCC(C(N)=S)N1CCN(c2ncc[nH]c2=O)CC1. The van der Waals surface area contributed by atoms with E-state index in [0.29, 0.717) is 10.8 Å². The van der Waals surface area contributed by atoms with E-state index in [1.54, 1.807) is 12.4 Å². The first kappa shape index (κ1) is 14.0. The Balaban J connectivity index is 2.02. The monoisotopic (exact) mass is 281 g/mol. The van der Waals surface area contributed by atoms with Crippen LogP contribution in [0.1, 0.15) is 13.3 Å². The van der Waals surface area contributed by atoms with Crippen molar-refractivity contribution < 1.29 is 0 Å². The van der Waals surface area contributed by atoms with Gasteiger partial charge >= 0.3 is 0 Å². The van der Waals surface area contributed by atoms with Crippen molar-refractivity contribution >= 4 is 23.0 Å². The summed E-state index contributed by atoms with van der Waals surface area (Å²) < 4.78 is 0. The van der Waals surface area contributed by atoms with Crippen molar-refractivity contribution in [1.82, 2.24) is 14.9 Å². The second-order valence-corrected chi connectivity index (χ2v) is 5.06. The van der Waals surface area contributed by atoms with Gasteiger partial charge in [0.2, 0.25) is 0 Å². The van der Waals surface area contributed by atoms with Crippen molar-refractivity contribution in [2.45, 2.75) is 19.4 Å². The fourth-order valence-electron chi connectivity index (χ4n) is 2.45. The molecule has 104 valence electrons. The van der Waals surface area contributed by atoms with Crippen molar-refractivity contribution in [3.63, 3.8) is 0 Å². The van der Waals surface area contributed by atoms with Crippen LogP contribution in [-0.2, 0) is 0 Å². The molecule has 1 aliphatic heterocycles. The molecule has 7 heteroatoms. The van der Waals surface area contributed by atoms with Gasteiger partial charge in [0.1, 0.15) is 0 Å². The minimum Gasteiger partial charge on any atom is -0.392 e. The lowest BCUT2D eigenvalue weighted by Crippen LogP contribution is -2.54. The van der Waals surface area contributed by atoms with Gasteiger partial charge in [-0.05, 0) is 6.42 Å². The average molecular weight is 281 g/mol. The molecular weight excluding hydrogens is 262 g/mol. The van der Waals surface area contributed by atoms with E-state index in [1.807, 2.05) is 4.90 Å². The predicted octanol–water partition coefficient (Wildman–Crippen LogP) is -0.0434. The number of H-pyrrole nitrogens is 1. The van der Waals surface area contributed by atoms with Crippen molar-refractivity contribution in [1.29, 1.82) is 0 Å². The Labute approximate surface area is 117 Å². The standard InChI is InChI=1S/C12H19N5OS/c1-2-9(10(13)19)16-5-7-17(8-6-16)11-12(18)15-4-3-14-11/h3-4,9H,2,5-8H2,1H3,(H2,13,19)(H,15,18). The number of aromatic nitrogens is 2. The number of piperazine rings is 1. The first-order valence-electron chi connectivity index (χ1n) is 6.45. The molecule has 0 aliphatic carbocycles. The molecule has 1 unspecified atom stereocenters. The Hall–Kier alpha value is -1.47. The molecule has 1 saturated heterocycles. The molecule has 0 aromatic carbocycles. The van der Waals surface area contributed by atoms with Crippen molar-refractivity contribution in [3.05, 3.63) is 22.7 Å². The summed E-state index contributed by atoms with van der Waals surface area (Å²) in [6.07, 6.45) is 4.06. The topological polar surface area (TPSA) is 78.2 Å². The van der Waals surface area contributed by atoms with Crippen LogP contribution in [0, 0.1) is 0 Å². The molecule has 1 atom stereocenters. The summed E-state index contributed by atoms with van der Waals surface area (Å²) in [6.45, 7) is 5.29. The number of thiocarbonyl (C=S) groups is 1. The van der Waals surface area contributed by atoms with Crippen LogP contribution in [0.4, 0.5) is 5.82 Å². The predicted molar refractivity (Wildman–Crippen MR) is 79.5 cm³/mol. The van der Waals surface area contributed by atoms with Gasteiger partial charge in [0, 0.05) is 38.6 Å². The van der Waals surface area contributed by atoms with Gasteiger partial charge in [-0.1, -0.05) is 19.1 Å². The molecule has 1 aromatic heterocycles. The molecule has 0 saturated carbocycles. The number of hydrogen-bond acceptors (Lipinski definition) is 5. The summed E-state index contributed by atoms with van der Waals surface area (Å²) in [7, 11) is 0. The number of nitrogens with zero attached hydrogens (tertiary/aromatic N) is 3. The number of anilines is 1. The lowest BCUT2D eigenvalue weighted by Gasteiger charge is -2.38. The Kier molecular flexibility index (Phi) is 4.49. The molecule has 1 aromatic rings. The highest BCUT2D eigenvalue weighted by molar-refractivity contribution is 7.80. The van der Waals surface area contributed by atoms with Crippen LogP contribution >= 0.6 is 12.2 Å². The third kappa shape index (κ3) is 3.10. The first-order chi connectivity index (χ1) is 9.13. The maximum Gasteiger partial charge on any atom is 0.290 e. The molecule has 0 spiro atoms. The molecule has 0 bridgehead atoms. The smallest absolute Gasteiger partial charge is 0.290 e. The number of hydrogen-bond donors (Lipinski definition) is 2. The van der Waals surface area contributed by atoms with Crippen molar-refractivity contribution in [2.75, 3.05) is 31.1 Å². The lowest BCUT2D eigenvalue weighted by molar-refractivity contribution is 0.223. The van der Waals surface area contributed by atoms with E-state index in [4.69, 9.17) is 18.0 Å². The lowest BCUT2D eigenvalue weighted by atomic mass is 10.1. The van der Waals surface area contributed by atoms with Crippen LogP contribution in [0.15, 0.2) is 17.2 Å². The van der Waals surface area contributed by atoms with Crippen molar-refractivity contribution in [3.8, 4) is 0 Å². The number of nitrogens with one attached hydrogen (secondary N) is 1. The molecule has 2 heterocycles. The van der Waals surface area contributed by atoms with Crippen LogP contribution in [0.2, 0.25) is 0 Å². The highest BCUT2D eigenvalue weighted by Crippen LogP contribution is 2.12. The van der Waals surface area contributed by atoms with Gasteiger partial charge < -0.3 is 15.6 Å². The summed E-state index contributed by atoms with van der Waals surface area (Å²) in [5, 5.41) is 0. The van der Waals surface area contributed by atoms with Gasteiger partial charge in [-0.3, -0.25) is 9.69 Å². The number of nitrogens with two attached hydrogens (primary N) is 1. The summed E-state index contributed by atoms with van der Waals surface area (Å²) >= 11 is 5.10. The quantitative estimate of drug-likeness (QED) is 0.754. The van der Waals surface area contributed by atoms with Crippen LogP contribution in [0.3, 0.4) is 0 Å². The van der Waals surface area contributed by atoms with Crippen LogP contribution in [0.25, 0.3) is 0 Å². The zero-order valence-electron chi connectivity index (χ0n) is 11.0. The minimum absolute atomic E-state index is 0.141. The molecule has 1 fully saturated rings. The van der Waals surface area contributed by atoms with E-state index in [0.717, 1.165) is 32.6 Å². The van der Waals surface area contributed by atoms with Gasteiger partial charge in [0.05, 0.1) is 11.0 Å². The molecular formula is C12H19N5OS. The largest absolute Gasteiger partial charge is 0.392 e. The molecule has 1 aliphatic rings. The Morgan fingerprint density at radius 3 is 2.74 bits per heavy atom. The highest BCUT2D eigenvalue weighted by atomic mass is 32.1. The van der Waals surface area contributed by atoms with Crippen LogP contribution < -0.4 is 16.2 Å². The zero-order valence-corrected chi connectivity index (χ0v) is 11.8. The number of rotatable bonds is 4. The molecule has 0 amide bonds. The van der Waals surface area contributed by atoms with E-state index in [2.05, 4.69) is 21.8 Å². The fraction of sp³-hybridized carbons (Fsp3) is 0.583. The summed E-state index contributed by atoms with van der Waals surface area (Å²) in [5.74, 6) is 0.491. The fourth-order valence-corrected chi connectivity index (χ4v) is 2.77. The van der Waals surface area contributed by atoms with Crippen LogP contribution in [0.5, 0.6) is 0 Å². The summed E-state index contributed by atoms with van der Waals surface area (Å²) in [6, 6.07) is 0.152. The van der Waals surface area contributed by atoms with E-state index in [-0.39, 0.29) is 11.6 Å². The van der Waals surface area contributed by atoms with Gasteiger partial charge in [0.25, 0.3) is 5.56 Å². The summed E-state index contributed by atoms with van der Waals surface area (Å²) in [5.41, 5.74) is 5.62. The van der Waals surface area contributed by atoms with Gasteiger partial charge in [-0.2, -0.15) is 0 Å². The molecule has 0 radical (unpaired) electrons. The first-order valence-corrected chi connectivity index (χ1v) is 6.86. The van der Waals surface area contributed by atoms with E-state index in [1.165, 1.54) is 0 Å². The molecule has 3 N–H and O–H groups in total. The zero-order chi connectivity index (χ0) is 13.8. The third-order valence-electron chi connectivity index (χ3n) is 3.46. The Morgan fingerprint density at radius 2 is 2.21 bits per heavy atom. The van der Waals surface area contributed by atoms with Gasteiger partial charge in [0.15, 0.2) is 5.82 Å². The average Bonchev–Trinajstić information content (AvgIpc) is 2.41. The van der Waals surface area contributed by atoms with Gasteiger partial charge in [-0.15, -0.1) is 0 Å². The van der Waals surface area contributed by atoms with E-state index in [9.17, 15) is 4.79 Å². The Morgan fingerprint density at radius 1 is 1.53 bits per heavy atom. The highest BCUT2D eigenvalue weighted by Gasteiger charge is 2.25. The molecule has 2 rings (SSSR count). The van der Waals surface area contributed by atoms with E-state index >= 15 is 0 Å². The van der Waals surface area contributed by atoms with Gasteiger partial charge in [-0.25, -0.2) is 4.98 Å².